The summed E-state index contributed by atoms with van der Waals surface area (Å²) in [5.41, 5.74) is 1.31. The highest BCUT2D eigenvalue weighted by molar-refractivity contribution is 9.09. The SMILES string of the molecule is CC(=O)OCC(OC(Br)C(OC(C)=O)N1Cc2ccccc2C1=O)C(C)OC(C)=O. The van der Waals surface area contributed by atoms with Gasteiger partial charge < -0.3 is 18.9 Å². The molecule has 1 heterocycles. The van der Waals surface area contributed by atoms with Gasteiger partial charge in [-0.1, -0.05) is 34.1 Å². The van der Waals surface area contributed by atoms with Crippen molar-refractivity contribution in [1.82, 2.24) is 4.90 Å². The molecule has 9 nitrogen and oxygen atoms in total. The lowest BCUT2D eigenvalue weighted by Crippen LogP contribution is -2.48. The number of amides is 1. The van der Waals surface area contributed by atoms with E-state index in [2.05, 4.69) is 15.9 Å². The van der Waals surface area contributed by atoms with E-state index in [4.69, 9.17) is 18.9 Å². The summed E-state index contributed by atoms with van der Waals surface area (Å²) >= 11 is 3.32. The minimum absolute atomic E-state index is 0.202. The van der Waals surface area contributed by atoms with Crippen LogP contribution in [0.4, 0.5) is 0 Å². The fourth-order valence-corrected chi connectivity index (χ4v) is 3.64. The molecule has 1 aliphatic rings. The van der Waals surface area contributed by atoms with E-state index in [1.54, 1.807) is 19.1 Å². The first-order chi connectivity index (χ1) is 14.1. The van der Waals surface area contributed by atoms with Crippen LogP contribution in [0.15, 0.2) is 24.3 Å². The van der Waals surface area contributed by atoms with Crippen molar-refractivity contribution >= 4 is 39.7 Å². The molecule has 0 N–H and O–H groups in total. The normalized spacial score (nSPS) is 16.8. The van der Waals surface area contributed by atoms with Gasteiger partial charge in [0.2, 0.25) is 6.23 Å². The Hall–Kier alpha value is -2.46. The van der Waals surface area contributed by atoms with Crippen LogP contribution in [0.2, 0.25) is 0 Å². The Bertz CT molecular complexity index is 814. The van der Waals surface area contributed by atoms with Crippen molar-refractivity contribution < 1.29 is 38.1 Å². The Balaban J connectivity index is 2.20. The summed E-state index contributed by atoms with van der Waals surface area (Å²) in [7, 11) is 0. The molecule has 0 radical (unpaired) electrons. The van der Waals surface area contributed by atoms with E-state index in [0.29, 0.717) is 5.56 Å². The second-order valence-corrected chi connectivity index (χ2v) is 7.64. The van der Waals surface area contributed by atoms with Gasteiger partial charge in [-0.25, -0.2) is 0 Å². The third kappa shape index (κ3) is 6.27. The molecule has 30 heavy (non-hydrogen) atoms. The Labute approximate surface area is 182 Å². The van der Waals surface area contributed by atoms with E-state index >= 15 is 0 Å². The lowest BCUT2D eigenvalue weighted by molar-refractivity contribution is -0.178. The van der Waals surface area contributed by atoms with E-state index < -0.39 is 41.4 Å². The summed E-state index contributed by atoms with van der Waals surface area (Å²) in [6.07, 6.45) is -2.75. The Morgan fingerprint density at radius 1 is 1.07 bits per heavy atom. The average molecular weight is 486 g/mol. The van der Waals surface area contributed by atoms with Crippen LogP contribution in [-0.2, 0) is 39.9 Å². The number of halogens is 1. The molecule has 0 aliphatic carbocycles. The van der Waals surface area contributed by atoms with Crippen LogP contribution in [0.3, 0.4) is 0 Å². The second-order valence-electron chi connectivity index (χ2n) is 6.73. The van der Waals surface area contributed by atoms with Crippen molar-refractivity contribution in [2.24, 2.45) is 0 Å². The van der Waals surface area contributed by atoms with Crippen LogP contribution in [0.25, 0.3) is 0 Å². The van der Waals surface area contributed by atoms with Crippen LogP contribution in [0.5, 0.6) is 0 Å². The zero-order valence-electron chi connectivity index (χ0n) is 17.1. The first-order valence-electron chi connectivity index (χ1n) is 9.26. The maximum atomic E-state index is 12.8. The van der Waals surface area contributed by atoms with Crippen molar-refractivity contribution in [1.29, 1.82) is 0 Å². The maximum Gasteiger partial charge on any atom is 0.304 e. The summed E-state index contributed by atoms with van der Waals surface area (Å²) in [5.74, 6) is -1.99. The molecule has 2 rings (SSSR count). The number of alkyl halides is 1. The minimum Gasteiger partial charge on any atom is -0.463 e. The van der Waals surface area contributed by atoms with Gasteiger partial charge in [-0.3, -0.25) is 24.1 Å². The number of hydrogen-bond donors (Lipinski definition) is 0. The highest BCUT2D eigenvalue weighted by atomic mass is 79.9. The molecular formula is C20H24BrNO8. The molecule has 4 atom stereocenters. The zero-order chi connectivity index (χ0) is 22.4. The summed E-state index contributed by atoms with van der Waals surface area (Å²) in [4.78, 5) is 48.4. The standard InChI is InChI=1S/C20H24BrNO8/c1-11(28-13(3)24)17(10-27-12(2)23)30-18(21)20(29-14(4)25)22-9-15-7-5-6-8-16(15)19(22)26/h5-8,11,17-18,20H,9-10H2,1-4H3. The van der Waals surface area contributed by atoms with Crippen LogP contribution < -0.4 is 0 Å². The number of nitrogens with zero attached hydrogens (tertiary/aromatic N) is 1. The molecule has 0 spiro atoms. The van der Waals surface area contributed by atoms with Gasteiger partial charge in [0.1, 0.15) is 18.8 Å². The van der Waals surface area contributed by atoms with Gasteiger partial charge in [0.15, 0.2) is 5.01 Å². The number of carbonyl (C=O) groups is 4. The highest BCUT2D eigenvalue weighted by Crippen LogP contribution is 2.29. The topological polar surface area (TPSA) is 108 Å². The van der Waals surface area contributed by atoms with E-state index in [-0.39, 0.29) is 19.1 Å². The average Bonchev–Trinajstić information content (AvgIpc) is 2.98. The van der Waals surface area contributed by atoms with Crippen LogP contribution in [-0.4, -0.2) is 58.8 Å². The number of carbonyl (C=O) groups excluding carboxylic acids is 4. The van der Waals surface area contributed by atoms with Crippen molar-refractivity contribution in [3.05, 3.63) is 35.4 Å². The largest absolute Gasteiger partial charge is 0.463 e. The molecule has 0 bridgehead atoms. The molecule has 4 unspecified atom stereocenters. The van der Waals surface area contributed by atoms with Crippen LogP contribution in [0.1, 0.15) is 43.6 Å². The summed E-state index contributed by atoms with van der Waals surface area (Å²) in [6.45, 7) is 5.30. The van der Waals surface area contributed by atoms with Gasteiger partial charge in [-0.2, -0.15) is 0 Å². The first-order valence-corrected chi connectivity index (χ1v) is 10.2. The highest BCUT2D eigenvalue weighted by Gasteiger charge is 2.40. The summed E-state index contributed by atoms with van der Waals surface area (Å²) in [6, 6.07) is 7.07. The molecule has 164 valence electrons. The van der Waals surface area contributed by atoms with Gasteiger partial charge in [-0.05, 0) is 18.6 Å². The maximum absolute atomic E-state index is 12.8. The number of benzene rings is 1. The molecular weight excluding hydrogens is 462 g/mol. The van der Waals surface area contributed by atoms with Gasteiger partial charge in [0.05, 0.1) is 6.54 Å². The molecule has 0 aromatic heterocycles. The van der Waals surface area contributed by atoms with Crippen molar-refractivity contribution in [3.8, 4) is 0 Å². The number of fused-ring (bicyclic) bond motifs is 1. The molecule has 1 amide bonds. The smallest absolute Gasteiger partial charge is 0.304 e. The fraction of sp³-hybridized carbons (Fsp3) is 0.500. The molecule has 0 saturated heterocycles. The third-order valence-corrected chi connectivity index (χ3v) is 4.97. The Morgan fingerprint density at radius 2 is 1.70 bits per heavy atom. The van der Waals surface area contributed by atoms with Crippen molar-refractivity contribution in [3.63, 3.8) is 0 Å². The summed E-state index contributed by atoms with van der Waals surface area (Å²) in [5, 5.41) is -0.988. The van der Waals surface area contributed by atoms with Crippen LogP contribution >= 0.6 is 15.9 Å². The quantitative estimate of drug-likeness (QED) is 0.297. The lowest BCUT2D eigenvalue weighted by atomic mass is 10.1. The molecule has 10 heteroatoms. The first kappa shape index (κ1) is 23.8. The van der Waals surface area contributed by atoms with Gasteiger partial charge in [-0.15, -0.1) is 0 Å². The predicted molar refractivity (Wildman–Crippen MR) is 107 cm³/mol. The van der Waals surface area contributed by atoms with Crippen molar-refractivity contribution in [2.75, 3.05) is 6.61 Å². The minimum atomic E-state index is -1.10. The molecule has 0 saturated carbocycles. The van der Waals surface area contributed by atoms with E-state index in [0.717, 1.165) is 5.56 Å². The molecule has 1 aromatic rings. The van der Waals surface area contributed by atoms with Gasteiger partial charge >= 0.3 is 17.9 Å². The van der Waals surface area contributed by atoms with Gasteiger partial charge in [0, 0.05) is 26.3 Å². The predicted octanol–water partition coefficient (Wildman–Crippen LogP) is 2.15. The number of hydrogen-bond acceptors (Lipinski definition) is 8. The lowest BCUT2D eigenvalue weighted by Gasteiger charge is -2.33. The third-order valence-electron chi connectivity index (χ3n) is 4.30. The zero-order valence-corrected chi connectivity index (χ0v) is 18.7. The molecule has 0 fully saturated rings. The Kier molecular flexibility index (Phi) is 8.36. The summed E-state index contributed by atoms with van der Waals surface area (Å²) < 4.78 is 21.4. The Morgan fingerprint density at radius 3 is 2.27 bits per heavy atom. The second kappa shape index (κ2) is 10.5. The van der Waals surface area contributed by atoms with Crippen molar-refractivity contribution in [2.45, 2.75) is 57.7 Å². The van der Waals surface area contributed by atoms with E-state index in [1.165, 1.54) is 25.7 Å². The number of ether oxygens (including phenoxy) is 4. The molecule has 1 aliphatic heterocycles. The molecule has 1 aromatic carbocycles. The monoisotopic (exact) mass is 485 g/mol. The van der Waals surface area contributed by atoms with E-state index in [9.17, 15) is 19.2 Å². The van der Waals surface area contributed by atoms with Crippen LogP contribution in [0, 0.1) is 0 Å². The van der Waals surface area contributed by atoms with E-state index in [1.807, 2.05) is 12.1 Å². The van der Waals surface area contributed by atoms with Gasteiger partial charge in [0.25, 0.3) is 5.91 Å². The number of rotatable bonds is 9. The fourth-order valence-electron chi connectivity index (χ4n) is 2.97. The number of esters is 3.